The molecule has 1 N–H and O–H groups in total. The van der Waals surface area contributed by atoms with Crippen molar-refractivity contribution in [2.24, 2.45) is 0 Å². The van der Waals surface area contributed by atoms with Gasteiger partial charge in [0.1, 0.15) is 0 Å². The molecule has 2 heterocycles. The molecule has 0 radical (unpaired) electrons. The first-order valence-electron chi connectivity index (χ1n) is 7.77. The number of nitrogens with zero attached hydrogens (tertiary/aromatic N) is 2. The average Bonchev–Trinajstić information content (AvgIpc) is 3.18. The Kier molecular flexibility index (Phi) is 4.65. The molecule has 1 aromatic rings. The first kappa shape index (κ1) is 14.0. The molecule has 1 aliphatic heterocycles. The topological polar surface area (TPSA) is 37.4 Å². The summed E-state index contributed by atoms with van der Waals surface area (Å²) in [6.45, 7) is 2.92. The molecule has 4 heteroatoms. The molecule has 2 unspecified atom stereocenters. The van der Waals surface area contributed by atoms with Gasteiger partial charge in [0.25, 0.3) is 0 Å². The number of hydrogen-bond donors (Lipinski definition) is 1. The summed E-state index contributed by atoms with van der Waals surface area (Å²) >= 11 is 0. The number of aromatic nitrogens is 1. The zero-order valence-electron chi connectivity index (χ0n) is 12.3. The Morgan fingerprint density at radius 1 is 1.25 bits per heavy atom. The van der Waals surface area contributed by atoms with E-state index in [0.29, 0.717) is 12.2 Å². The second-order valence-corrected chi connectivity index (χ2v) is 6.16. The third-order valence-electron chi connectivity index (χ3n) is 4.08. The standard InChI is InChI=1S/C16H25N3O/c1-19(11-14-4-2-3-9-17-14)12-16-8-7-15(20-16)10-18-13-5-6-13/h2-4,9,13,15-16,18H,5-8,10-12H2,1H3. The maximum absolute atomic E-state index is 6.12. The molecule has 1 saturated heterocycles. The lowest BCUT2D eigenvalue weighted by atomic mass is 10.2. The van der Waals surface area contributed by atoms with E-state index in [1.54, 1.807) is 0 Å². The van der Waals surface area contributed by atoms with Gasteiger partial charge in [-0.2, -0.15) is 0 Å². The van der Waals surface area contributed by atoms with Crippen LogP contribution in [-0.4, -0.2) is 48.3 Å². The molecule has 4 nitrogen and oxygen atoms in total. The molecule has 0 spiro atoms. The third-order valence-corrected chi connectivity index (χ3v) is 4.08. The molecule has 20 heavy (non-hydrogen) atoms. The predicted octanol–water partition coefficient (Wildman–Crippen LogP) is 1.81. The van der Waals surface area contributed by atoms with E-state index in [9.17, 15) is 0 Å². The lowest BCUT2D eigenvalue weighted by molar-refractivity contribution is 0.0264. The zero-order valence-corrected chi connectivity index (χ0v) is 12.3. The minimum Gasteiger partial charge on any atom is -0.372 e. The third kappa shape index (κ3) is 4.27. The van der Waals surface area contributed by atoms with E-state index in [2.05, 4.69) is 28.3 Å². The van der Waals surface area contributed by atoms with Crippen molar-refractivity contribution in [3.63, 3.8) is 0 Å². The van der Waals surface area contributed by atoms with Crippen LogP contribution in [0, 0.1) is 0 Å². The number of pyridine rings is 1. The summed E-state index contributed by atoms with van der Waals surface area (Å²) in [7, 11) is 2.15. The van der Waals surface area contributed by atoms with Crippen molar-refractivity contribution in [2.75, 3.05) is 20.1 Å². The zero-order chi connectivity index (χ0) is 13.8. The second kappa shape index (κ2) is 6.66. The summed E-state index contributed by atoms with van der Waals surface area (Å²) < 4.78 is 6.12. The van der Waals surface area contributed by atoms with Crippen LogP contribution in [0.1, 0.15) is 31.4 Å². The van der Waals surface area contributed by atoms with E-state index in [-0.39, 0.29) is 0 Å². The molecule has 0 aromatic carbocycles. The molecule has 0 amide bonds. The Labute approximate surface area is 121 Å². The first-order chi connectivity index (χ1) is 9.79. The van der Waals surface area contributed by atoms with Crippen LogP contribution in [0.4, 0.5) is 0 Å². The van der Waals surface area contributed by atoms with Crippen LogP contribution in [0.5, 0.6) is 0 Å². The molecule has 2 fully saturated rings. The number of rotatable bonds is 7. The van der Waals surface area contributed by atoms with Crippen LogP contribution in [0.3, 0.4) is 0 Å². The van der Waals surface area contributed by atoms with Gasteiger partial charge < -0.3 is 10.1 Å². The van der Waals surface area contributed by atoms with Crippen LogP contribution in [0.2, 0.25) is 0 Å². The molecule has 2 aliphatic rings. The van der Waals surface area contributed by atoms with Crippen molar-refractivity contribution < 1.29 is 4.74 Å². The van der Waals surface area contributed by atoms with Crippen molar-refractivity contribution in [2.45, 2.75) is 50.5 Å². The Morgan fingerprint density at radius 2 is 2.10 bits per heavy atom. The Balaban J connectivity index is 1.37. The summed E-state index contributed by atoms with van der Waals surface area (Å²) in [6, 6.07) is 6.86. The lowest BCUT2D eigenvalue weighted by Gasteiger charge is -2.21. The summed E-state index contributed by atoms with van der Waals surface area (Å²) in [5.41, 5.74) is 1.12. The highest BCUT2D eigenvalue weighted by Gasteiger charge is 2.28. The molecule has 0 bridgehead atoms. The molecule has 1 aromatic heterocycles. The van der Waals surface area contributed by atoms with E-state index < -0.39 is 0 Å². The monoisotopic (exact) mass is 275 g/mol. The van der Waals surface area contributed by atoms with E-state index in [0.717, 1.165) is 31.4 Å². The molecule has 110 valence electrons. The predicted molar refractivity (Wildman–Crippen MR) is 79.5 cm³/mol. The molecule has 1 aliphatic carbocycles. The number of hydrogen-bond acceptors (Lipinski definition) is 4. The van der Waals surface area contributed by atoms with Crippen molar-refractivity contribution in [1.82, 2.24) is 15.2 Å². The molecular formula is C16H25N3O. The second-order valence-electron chi connectivity index (χ2n) is 6.16. The lowest BCUT2D eigenvalue weighted by Crippen LogP contribution is -2.32. The van der Waals surface area contributed by atoms with Gasteiger partial charge in [-0.25, -0.2) is 0 Å². The Bertz CT molecular complexity index is 407. The average molecular weight is 275 g/mol. The van der Waals surface area contributed by atoms with Gasteiger partial charge in [-0.1, -0.05) is 6.07 Å². The number of likely N-dealkylation sites (N-methyl/N-ethyl adjacent to an activating group) is 1. The Hall–Kier alpha value is -0.970. The summed E-state index contributed by atoms with van der Waals surface area (Å²) in [5, 5.41) is 3.56. The largest absolute Gasteiger partial charge is 0.372 e. The van der Waals surface area contributed by atoms with Gasteiger partial charge in [-0.3, -0.25) is 9.88 Å². The highest BCUT2D eigenvalue weighted by Crippen LogP contribution is 2.23. The molecule has 1 saturated carbocycles. The van der Waals surface area contributed by atoms with E-state index in [4.69, 9.17) is 4.74 Å². The fourth-order valence-electron chi connectivity index (χ4n) is 2.83. The van der Waals surface area contributed by atoms with Gasteiger partial charge in [0.15, 0.2) is 0 Å². The summed E-state index contributed by atoms with van der Waals surface area (Å²) in [4.78, 5) is 6.68. The van der Waals surface area contributed by atoms with Gasteiger partial charge >= 0.3 is 0 Å². The van der Waals surface area contributed by atoms with Crippen LogP contribution in [0.15, 0.2) is 24.4 Å². The van der Waals surface area contributed by atoms with Crippen LogP contribution in [0.25, 0.3) is 0 Å². The highest BCUT2D eigenvalue weighted by molar-refractivity contribution is 5.03. The van der Waals surface area contributed by atoms with E-state index >= 15 is 0 Å². The quantitative estimate of drug-likeness (QED) is 0.823. The normalized spacial score (nSPS) is 26.3. The van der Waals surface area contributed by atoms with E-state index in [1.165, 1.54) is 25.7 Å². The summed E-state index contributed by atoms with van der Waals surface area (Å²) in [5.74, 6) is 0. The van der Waals surface area contributed by atoms with Crippen molar-refractivity contribution in [1.29, 1.82) is 0 Å². The van der Waals surface area contributed by atoms with E-state index in [1.807, 2.05) is 18.3 Å². The van der Waals surface area contributed by atoms with Gasteiger partial charge in [0.05, 0.1) is 17.9 Å². The van der Waals surface area contributed by atoms with Crippen LogP contribution < -0.4 is 5.32 Å². The first-order valence-corrected chi connectivity index (χ1v) is 7.77. The minimum atomic E-state index is 0.384. The van der Waals surface area contributed by atoms with Gasteiger partial charge in [0.2, 0.25) is 0 Å². The molecular weight excluding hydrogens is 250 g/mol. The van der Waals surface area contributed by atoms with Gasteiger partial charge in [-0.15, -0.1) is 0 Å². The molecule has 3 rings (SSSR count). The van der Waals surface area contributed by atoms with Crippen molar-refractivity contribution in [3.05, 3.63) is 30.1 Å². The van der Waals surface area contributed by atoms with Crippen LogP contribution >= 0.6 is 0 Å². The summed E-state index contributed by atoms with van der Waals surface area (Å²) in [6.07, 6.45) is 7.74. The molecule has 2 atom stereocenters. The van der Waals surface area contributed by atoms with Gasteiger partial charge in [-0.05, 0) is 44.9 Å². The highest BCUT2D eigenvalue weighted by atomic mass is 16.5. The smallest absolute Gasteiger partial charge is 0.0707 e. The fourth-order valence-corrected chi connectivity index (χ4v) is 2.83. The van der Waals surface area contributed by atoms with Gasteiger partial charge in [0, 0.05) is 31.9 Å². The number of nitrogens with one attached hydrogen (secondary N) is 1. The minimum absolute atomic E-state index is 0.384. The number of ether oxygens (including phenoxy) is 1. The SMILES string of the molecule is CN(Cc1ccccn1)CC1CCC(CNC2CC2)O1. The van der Waals surface area contributed by atoms with Crippen molar-refractivity contribution in [3.8, 4) is 0 Å². The Morgan fingerprint density at radius 3 is 2.85 bits per heavy atom. The van der Waals surface area contributed by atoms with Crippen LogP contribution in [-0.2, 0) is 11.3 Å². The van der Waals surface area contributed by atoms with Crippen molar-refractivity contribution >= 4 is 0 Å². The maximum atomic E-state index is 6.12. The maximum Gasteiger partial charge on any atom is 0.0707 e. The fraction of sp³-hybridized carbons (Fsp3) is 0.688.